The fraction of sp³-hybridized carbons (Fsp3) is 0.238. The lowest BCUT2D eigenvalue weighted by Gasteiger charge is -2.29. The topological polar surface area (TPSA) is 115 Å². The Morgan fingerprint density at radius 3 is 2.94 bits per heavy atom. The molecular formula is C21H23N7O2S. The van der Waals surface area contributed by atoms with E-state index in [9.17, 15) is 4.79 Å². The number of piperazine rings is 1. The van der Waals surface area contributed by atoms with Crippen LogP contribution in [-0.2, 0) is 0 Å². The molecule has 0 aliphatic carbocycles. The summed E-state index contributed by atoms with van der Waals surface area (Å²) in [7, 11) is 0. The van der Waals surface area contributed by atoms with Crippen molar-refractivity contribution in [3.05, 3.63) is 54.6 Å². The Labute approximate surface area is 183 Å². The summed E-state index contributed by atoms with van der Waals surface area (Å²) in [6, 6.07) is 6.07. The molecule has 0 bridgehead atoms. The molecule has 9 nitrogen and oxygen atoms in total. The van der Waals surface area contributed by atoms with Crippen LogP contribution in [0.3, 0.4) is 0 Å². The number of carbonyl (C=O) groups is 1. The molecule has 1 saturated heterocycles. The van der Waals surface area contributed by atoms with E-state index in [1.165, 1.54) is 11.3 Å². The van der Waals surface area contributed by atoms with Gasteiger partial charge in [0.25, 0.3) is 0 Å². The number of hydrogen-bond donors (Lipinski definition) is 4. The minimum atomic E-state index is -1.05. The lowest BCUT2D eigenvalue weighted by Crippen LogP contribution is -2.43. The highest BCUT2D eigenvalue weighted by Gasteiger charge is 2.12. The van der Waals surface area contributed by atoms with Gasteiger partial charge in [-0.2, -0.15) is 0 Å². The van der Waals surface area contributed by atoms with Gasteiger partial charge in [-0.25, -0.2) is 14.8 Å². The molecule has 160 valence electrons. The van der Waals surface area contributed by atoms with Gasteiger partial charge in [0.1, 0.15) is 5.82 Å². The zero-order chi connectivity index (χ0) is 21.5. The number of nitrogens with one attached hydrogen (secondary N) is 3. The van der Waals surface area contributed by atoms with Crippen molar-refractivity contribution in [2.45, 2.75) is 0 Å². The number of rotatable bonds is 7. The third-order valence-corrected chi connectivity index (χ3v) is 5.65. The molecule has 4 N–H and O–H groups in total. The summed E-state index contributed by atoms with van der Waals surface area (Å²) in [5.74, 6) is 0.762. The molecule has 1 aliphatic rings. The molecule has 31 heavy (non-hydrogen) atoms. The standard InChI is InChI=1S/C21H23N7O2S/c29-21(30)25-4-1-2-15-10-16(13-23-12-15)18-14-26-20(31-18)27-19-11-17(3-5-24-19)28-8-6-22-7-9-28/h1-3,5,10-14,22,25H,4,6-9H2,(H,29,30)(H,24,26,27). The maximum atomic E-state index is 10.5. The van der Waals surface area contributed by atoms with Crippen LogP contribution < -0.4 is 20.9 Å². The Balaban J connectivity index is 1.43. The first-order valence-electron chi connectivity index (χ1n) is 9.91. The summed E-state index contributed by atoms with van der Waals surface area (Å²) < 4.78 is 0. The van der Waals surface area contributed by atoms with E-state index in [2.05, 4.69) is 35.8 Å². The van der Waals surface area contributed by atoms with Crippen LogP contribution in [0.4, 0.5) is 21.4 Å². The van der Waals surface area contributed by atoms with Crippen molar-refractivity contribution in [3.63, 3.8) is 0 Å². The van der Waals surface area contributed by atoms with Gasteiger partial charge >= 0.3 is 6.09 Å². The Bertz CT molecular complexity index is 1060. The van der Waals surface area contributed by atoms with Crippen LogP contribution in [0.25, 0.3) is 16.5 Å². The van der Waals surface area contributed by atoms with E-state index < -0.39 is 6.09 Å². The van der Waals surface area contributed by atoms with E-state index in [1.807, 2.05) is 36.7 Å². The third kappa shape index (κ3) is 5.77. The second-order valence-electron chi connectivity index (χ2n) is 6.89. The highest BCUT2D eigenvalue weighted by Crippen LogP contribution is 2.31. The number of amides is 1. The Hall–Kier alpha value is -3.50. The predicted octanol–water partition coefficient (Wildman–Crippen LogP) is 3.03. The van der Waals surface area contributed by atoms with Gasteiger partial charge in [-0.3, -0.25) is 4.98 Å². The lowest BCUT2D eigenvalue weighted by molar-refractivity contribution is 0.195. The number of hydrogen-bond acceptors (Lipinski definition) is 8. The molecule has 3 aromatic rings. The van der Waals surface area contributed by atoms with Crippen molar-refractivity contribution in [2.75, 3.05) is 42.9 Å². The minimum absolute atomic E-state index is 0.244. The van der Waals surface area contributed by atoms with Crippen LogP contribution in [0.1, 0.15) is 5.56 Å². The molecule has 0 aromatic carbocycles. The first kappa shape index (κ1) is 20.8. The van der Waals surface area contributed by atoms with E-state index in [-0.39, 0.29) is 6.54 Å². The molecule has 3 aromatic heterocycles. The average molecular weight is 438 g/mol. The number of nitrogens with zero attached hydrogens (tertiary/aromatic N) is 4. The zero-order valence-corrected chi connectivity index (χ0v) is 17.6. The highest BCUT2D eigenvalue weighted by molar-refractivity contribution is 7.18. The fourth-order valence-electron chi connectivity index (χ4n) is 3.21. The van der Waals surface area contributed by atoms with Gasteiger partial charge in [-0.15, -0.1) is 0 Å². The normalized spacial score (nSPS) is 14.0. The monoisotopic (exact) mass is 437 g/mol. The summed E-state index contributed by atoms with van der Waals surface area (Å²) >= 11 is 1.52. The van der Waals surface area contributed by atoms with E-state index >= 15 is 0 Å². The average Bonchev–Trinajstić information content (AvgIpc) is 3.26. The molecular weight excluding hydrogens is 414 g/mol. The SMILES string of the molecule is O=C(O)NCC=Cc1cncc(-c2cnc(Nc3cc(N4CCNCC4)ccn3)s2)c1. The van der Waals surface area contributed by atoms with Crippen molar-refractivity contribution >= 4 is 40.1 Å². The summed E-state index contributed by atoms with van der Waals surface area (Å²) in [6.07, 6.45) is 9.66. The first-order chi connectivity index (χ1) is 15.2. The number of thiazole rings is 1. The lowest BCUT2D eigenvalue weighted by atomic mass is 10.2. The Morgan fingerprint density at radius 2 is 2.10 bits per heavy atom. The molecule has 0 spiro atoms. The van der Waals surface area contributed by atoms with Gasteiger partial charge in [0.15, 0.2) is 5.13 Å². The second-order valence-corrected chi connectivity index (χ2v) is 7.92. The van der Waals surface area contributed by atoms with Gasteiger partial charge in [0.2, 0.25) is 0 Å². The predicted molar refractivity (Wildman–Crippen MR) is 123 cm³/mol. The third-order valence-electron chi connectivity index (χ3n) is 4.69. The van der Waals surface area contributed by atoms with Crippen LogP contribution in [0, 0.1) is 0 Å². The number of carboxylic acid groups (broad SMARTS) is 1. The molecule has 1 amide bonds. The molecule has 4 heterocycles. The Kier molecular flexibility index (Phi) is 6.70. The summed E-state index contributed by atoms with van der Waals surface area (Å²) in [4.78, 5) is 27.0. The molecule has 10 heteroatoms. The van der Waals surface area contributed by atoms with Crippen LogP contribution in [-0.4, -0.2) is 58.9 Å². The van der Waals surface area contributed by atoms with E-state index in [4.69, 9.17) is 5.11 Å². The largest absolute Gasteiger partial charge is 0.465 e. The second kappa shape index (κ2) is 10.0. The smallest absolute Gasteiger partial charge is 0.404 e. The minimum Gasteiger partial charge on any atom is -0.465 e. The fourth-order valence-corrected chi connectivity index (χ4v) is 4.01. The zero-order valence-electron chi connectivity index (χ0n) is 16.8. The van der Waals surface area contributed by atoms with Gasteiger partial charge in [0.05, 0.1) is 4.88 Å². The molecule has 0 unspecified atom stereocenters. The molecule has 1 aliphatic heterocycles. The molecule has 4 rings (SSSR count). The van der Waals surface area contributed by atoms with Crippen molar-refractivity contribution in [3.8, 4) is 10.4 Å². The maximum Gasteiger partial charge on any atom is 0.404 e. The van der Waals surface area contributed by atoms with Crippen molar-refractivity contribution < 1.29 is 9.90 Å². The van der Waals surface area contributed by atoms with E-state index in [0.29, 0.717) is 0 Å². The Morgan fingerprint density at radius 1 is 1.23 bits per heavy atom. The van der Waals surface area contributed by atoms with Gasteiger partial charge in [0, 0.05) is 74.8 Å². The molecule has 1 fully saturated rings. The highest BCUT2D eigenvalue weighted by atomic mass is 32.1. The molecule has 0 saturated carbocycles. The van der Waals surface area contributed by atoms with E-state index in [1.54, 1.807) is 18.5 Å². The van der Waals surface area contributed by atoms with Gasteiger partial charge in [-0.05, 0) is 17.7 Å². The molecule has 0 atom stereocenters. The molecule has 0 radical (unpaired) electrons. The summed E-state index contributed by atoms with van der Waals surface area (Å²) in [5, 5.41) is 18.3. The quantitative estimate of drug-likeness (QED) is 0.446. The van der Waals surface area contributed by atoms with Crippen LogP contribution in [0.15, 0.2) is 49.1 Å². The van der Waals surface area contributed by atoms with Gasteiger partial charge in [-0.1, -0.05) is 23.5 Å². The van der Waals surface area contributed by atoms with Crippen molar-refractivity contribution in [1.82, 2.24) is 25.6 Å². The summed E-state index contributed by atoms with van der Waals surface area (Å²) in [6.45, 7) is 4.18. The van der Waals surface area contributed by atoms with E-state index in [0.717, 1.165) is 58.8 Å². The van der Waals surface area contributed by atoms with Crippen LogP contribution >= 0.6 is 11.3 Å². The van der Waals surface area contributed by atoms with Crippen LogP contribution in [0.5, 0.6) is 0 Å². The van der Waals surface area contributed by atoms with Crippen molar-refractivity contribution in [2.24, 2.45) is 0 Å². The maximum absolute atomic E-state index is 10.5. The number of anilines is 3. The van der Waals surface area contributed by atoms with Crippen LogP contribution in [0.2, 0.25) is 0 Å². The summed E-state index contributed by atoms with van der Waals surface area (Å²) in [5.41, 5.74) is 2.98. The van der Waals surface area contributed by atoms with Crippen molar-refractivity contribution in [1.29, 1.82) is 0 Å². The van der Waals surface area contributed by atoms with Gasteiger partial charge < -0.3 is 26.0 Å². The number of aromatic nitrogens is 3. The number of pyridine rings is 2. The first-order valence-corrected chi connectivity index (χ1v) is 10.7.